The molecule has 0 aliphatic rings. The third-order valence-electron chi connectivity index (χ3n) is 2.74. The number of sulfonamides is 1. The highest BCUT2D eigenvalue weighted by Gasteiger charge is 2.20. The number of phenols is 1. The lowest BCUT2D eigenvalue weighted by Gasteiger charge is -2.09. The molecule has 0 unspecified atom stereocenters. The molecule has 2 aromatic carbocycles. The first kappa shape index (κ1) is 15.2. The molecule has 112 valence electrons. The van der Waals surface area contributed by atoms with Crippen LogP contribution in [0.2, 0.25) is 0 Å². The van der Waals surface area contributed by atoms with Gasteiger partial charge in [-0.15, -0.1) is 0 Å². The molecule has 0 saturated carbocycles. The maximum Gasteiger partial charge on any atom is 0.243 e. The quantitative estimate of drug-likeness (QED) is 0.592. The van der Waals surface area contributed by atoms with Gasteiger partial charge < -0.3 is 10.8 Å². The van der Waals surface area contributed by atoms with E-state index < -0.39 is 26.6 Å². The normalized spacial score (nSPS) is 11.5. The third kappa shape index (κ3) is 3.47. The SMILES string of the molecule is Nc1ccc(O)c(CNS(=O)(=O)c2cc(F)ccc2F)c1. The summed E-state index contributed by atoms with van der Waals surface area (Å²) in [6.45, 7) is -0.310. The van der Waals surface area contributed by atoms with Gasteiger partial charge in [0.1, 0.15) is 22.3 Å². The standard InChI is InChI=1S/C13H12F2N2O3S/c14-9-1-3-11(15)13(6-9)21(19,20)17-7-8-5-10(16)2-4-12(8)18/h1-6,17-18H,7,16H2. The number of rotatable bonds is 4. The van der Waals surface area contributed by atoms with Crippen molar-refractivity contribution < 1.29 is 22.3 Å². The van der Waals surface area contributed by atoms with Crippen LogP contribution in [0.3, 0.4) is 0 Å². The van der Waals surface area contributed by atoms with E-state index in [1.807, 2.05) is 0 Å². The summed E-state index contributed by atoms with van der Waals surface area (Å²) in [5.74, 6) is -2.10. The summed E-state index contributed by atoms with van der Waals surface area (Å²) in [6.07, 6.45) is 0. The van der Waals surface area contributed by atoms with Crippen LogP contribution in [0, 0.1) is 11.6 Å². The third-order valence-corrected chi connectivity index (χ3v) is 4.16. The Balaban J connectivity index is 2.26. The maximum atomic E-state index is 13.5. The monoisotopic (exact) mass is 314 g/mol. The van der Waals surface area contributed by atoms with E-state index in [1.54, 1.807) is 0 Å². The van der Waals surface area contributed by atoms with Gasteiger partial charge in [0.15, 0.2) is 0 Å². The van der Waals surface area contributed by atoms with E-state index in [0.29, 0.717) is 11.8 Å². The Morgan fingerprint density at radius 1 is 1.14 bits per heavy atom. The number of aromatic hydroxyl groups is 1. The van der Waals surface area contributed by atoms with Gasteiger partial charge in [-0.2, -0.15) is 0 Å². The summed E-state index contributed by atoms with van der Waals surface area (Å²) in [4.78, 5) is -0.800. The molecular formula is C13H12F2N2O3S. The number of benzene rings is 2. The molecule has 5 nitrogen and oxygen atoms in total. The van der Waals surface area contributed by atoms with Gasteiger partial charge in [-0.05, 0) is 36.4 Å². The Morgan fingerprint density at radius 2 is 1.86 bits per heavy atom. The number of nitrogen functional groups attached to an aromatic ring is 1. The average Bonchev–Trinajstić information content (AvgIpc) is 2.42. The molecule has 0 atom stereocenters. The molecule has 0 fully saturated rings. The number of nitrogens with one attached hydrogen (secondary N) is 1. The van der Waals surface area contributed by atoms with Crippen molar-refractivity contribution in [1.29, 1.82) is 0 Å². The highest BCUT2D eigenvalue weighted by Crippen LogP contribution is 2.21. The van der Waals surface area contributed by atoms with E-state index in [1.165, 1.54) is 18.2 Å². The topological polar surface area (TPSA) is 92.4 Å². The fourth-order valence-electron chi connectivity index (χ4n) is 1.68. The predicted octanol–water partition coefficient (Wildman–Crippen LogP) is 1.73. The predicted molar refractivity (Wildman–Crippen MR) is 72.9 cm³/mol. The number of hydrogen-bond acceptors (Lipinski definition) is 4. The smallest absolute Gasteiger partial charge is 0.243 e. The highest BCUT2D eigenvalue weighted by molar-refractivity contribution is 7.89. The zero-order valence-corrected chi connectivity index (χ0v) is 11.5. The molecule has 8 heteroatoms. The van der Waals surface area contributed by atoms with Crippen molar-refractivity contribution in [3.05, 3.63) is 53.6 Å². The summed E-state index contributed by atoms with van der Waals surface area (Å²) < 4.78 is 52.5. The van der Waals surface area contributed by atoms with Crippen molar-refractivity contribution in [3.8, 4) is 5.75 Å². The van der Waals surface area contributed by atoms with Crippen molar-refractivity contribution in [2.24, 2.45) is 0 Å². The van der Waals surface area contributed by atoms with Gasteiger partial charge in [0.05, 0.1) is 0 Å². The van der Waals surface area contributed by atoms with E-state index in [0.717, 1.165) is 12.1 Å². The van der Waals surface area contributed by atoms with Crippen LogP contribution in [-0.2, 0) is 16.6 Å². The van der Waals surface area contributed by atoms with Gasteiger partial charge in [0.2, 0.25) is 10.0 Å². The van der Waals surface area contributed by atoms with Crippen LogP contribution in [0.4, 0.5) is 14.5 Å². The van der Waals surface area contributed by atoms with Crippen LogP contribution >= 0.6 is 0 Å². The molecule has 0 saturated heterocycles. The second kappa shape index (κ2) is 5.66. The fourth-order valence-corrected chi connectivity index (χ4v) is 2.77. The molecule has 0 heterocycles. The Kier molecular flexibility index (Phi) is 4.10. The largest absolute Gasteiger partial charge is 0.508 e. The maximum absolute atomic E-state index is 13.5. The van der Waals surface area contributed by atoms with E-state index >= 15 is 0 Å². The van der Waals surface area contributed by atoms with Crippen molar-refractivity contribution in [1.82, 2.24) is 4.72 Å². The lowest BCUT2D eigenvalue weighted by Crippen LogP contribution is -2.24. The van der Waals surface area contributed by atoms with E-state index in [2.05, 4.69) is 4.72 Å². The van der Waals surface area contributed by atoms with Gasteiger partial charge >= 0.3 is 0 Å². The first-order chi connectivity index (χ1) is 9.79. The van der Waals surface area contributed by atoms with Crippen molar-refractivity contribution in [2.75, 3.05) is 5.73 Å². The first-order valence-electron chi connectivity index (χ1n) is 5.82. The second-order valence-electron chi connectivity index (χ2n) is 4.29. The van der Waals surface area contributed by atoms with Crippen LogP contribution in [0.1, 0.15) is 5.56 Å². The second-order valence-corrected chi connectivity index (χ2v) is 6.02. The average molecular weight is 314 g/mol. The molecule has 4 N–H and O–H groups in total. The summed E-state index contributed by atoms with van der Waals surface area (Å²) >= 11 is 0. The minimum Gasteiger partial charge on any atom is -0.508 e. The molecule has 0 aliphatic heterocycles. The molecule has 0 amide bonds. The first-order valence-corrected chi connectivity index (χ1v) is 7.30. The zero-order valence-electron chi connectivity index (χ0n) is 10.7. The Bertz CT molecular complexity index is 779. The van der Waals surface area contributed by atoms with Crippen LogP contribution in [0.5, 0.6) is 5.75 Å². The molecule has 2 rings (SSSR count). The van der Waals surface area contributed by atoms with Crippen LogP contribution in [0.25, 0.3) is 0 Å². The summed E-state index contributed by atoms with van der Waals surface area (Å²) in [7, 11) is -4.26. The molecular weight excluding hydrogens is 302 g/mol. The number of nitrogens with two attached hydrogens (primary N) is 1. The molecule has 2 aromatic rings. The molecule has 0 aliphatic carbocycles. The van der Waals surface area contributed by atoms with E-state index in [9.17, 15) is 22.3 Å². The molecule has 0 spiro atoms. The Labute approximate surface area is 120 Å². The molecule has 21 heavy (non-hydrogen) atoms. The molecule has 0 radical (unpaired) electrons. The van der Waals surface area contributed by atoms with Crippen LogP contribution in [-0.4, -0.2) is 13.5 Å². The van der Waals surface area contributed by atoms with E-state index in [-0.39, 0.29) is 17.9 Å². The summed E-state index contributed by atoms with van der Waals surface area (Å²) in [6, 6.07) is 6.25. The lowest BCUT2D eigenvalue weighted by atomic mass is 10.2. The molecule has 0 aromatic heterocycles. The number of phenolic OH excluding ortho intramolecular Hbond substituents is 1. The molecule has 0 bridgehead atoms. The van der Waals surface area contributed by atoms with Crippen LogP contribution in [0.15, 0.2) is 41.3 Å². The summed E-state index contributed by atoms with van der Waals surface area (Å²) in [5.41, 5.74) is 6.07. The lowest BCUT2D eigenvalue weighted by molar-refractivity contribution is 0.467. The fraction of sp³-hybridized carbons (Fsp3) is 0.0769. The van der Waals surface area contributed by atoms with Gasteiger partial charge in [-0.25, -0.2) is 21.9 Å². The van der Waals surface area contributed by atoms with Gasteiger partial charge in [0, 0.05) is 17.8 Å². The van der Waals surface area contributed by atoms with Crippen molar-refractivity contribution >= 4 is 15.7 Å². The minimum atomic E-state index is -4.26. The number of halogens is 2. The van der Waals surface area contributed by atoms with Gasteiger partial charge in [0.25, 0.3) is 0 Å². The van der Waals surface area contributed by atoms with Crippen molar-refractivity contribution in [2.45, 2.75) is 11.4 Å². The Hall–Kier alpha value is -2.19. The van der Waals surface area contributed by atoms with Gasteiger partial charge in [-0.1, -0.05) is 0 Å². The highest BCUT2D eigenvalue weighted by atomic mass is 32.2. The van der Waals surface area contributed by atoms with Gasteiger partial charge in [-0.3, -0.25) is 0 Å². The zero-order chi connectivity index (χ0) is 15.6. The Morgan fingerprint density at radius 3 is 2.57 bits per heavy atom. The minimum absolute atomic E-state index is 0.161. The number of hydrogen-bond donors (Lipinski definition) is 3. The van der Waals surface area contributed by atoms with Crippen molar-refractivity contribution in [3.63, 3.8) is 0 Å². The van der Waals surface area contributed by atoms with Crippen LogP contribution < -0.4 is 10.5 Å². The van der Waals surface area contributed by atoms with E-state index in [4.69, 9.17) is 5.73 Å². The number of anilines is 1. The summed E-state index contributed by atoms with van der Waals surface area (Å²) in [5, 5.41) is 9.58.